The Morgan fingerprint density at radius 3 is 2.94 bits per heavy atom. The average Bonchev–Trinajstić information content (AvgIpc) is 2.23. The molecule has 0 spiro atoms. The summed E-state index contributed by atoms with van der Waals surface area (Å²) < 4.78 is 1.12. The van der Waals surface area contributed by atoms with E-state index in [1.54, 1.807) is 0 Å². The molecule has 5 nitrogen and oxygen atoms in total. The Hall–Kier alpha value is -1.17. The summed E-state index contributed by atoms with van der Waals surface area (Å²) in [5.41, 5.74) is -0.744. The van der Waals surface area contributed by atoms with Crippen LogP contribution in [0, 0.1) is 0 Å². The van der Waals surface area contributed by atoms with Gasteiger partial charge < -0.3 is 5.11 Å². The summed E-state index contributed by atoms with van der Waals surface area (Å²) in [6.07, 6.45) is 2.83. The number of fused-ring (bicyclic) bond motifs is 1. The van der Waals surface area contributed by atoms with Gasteiger partial charge in [-0.15, -0.1) is 0 Å². The molecule has 2 atom stereocenters. The number of carbonyl (C=O) groups is 1. The summed E-state index contributed by atoms with van der Waals surface area (Å²) in [5.74, 6) is -0.627. The topological polar surface area (TPSA) is 72.2 Å². The van der Waals surface area contributed by atoms with Crippen molar-refractivity contribution in [1.82, 2.24) is 9.55 Å². The van der Waals surface area contributed by atoms with Crippen molar-refractivity contribution < 1.29 is 9.90 Å². The van der Waals surface area contributed by atoms with Gasteiger partial charge in [-0.05, 0) is 26.7 Å². The highest BCUT2D eigenvalue weighted by molar-refractivity contribution is 9.09. The van der Waals surface area contributed by atoms with Crippen LogP contribution in [0.3, 0.4) is 0 Å². The molecule has 0 aromatic carbocycles. The predicted molar refractivity (Wildman–Crippen MR) is 65.7 cm³/mol. The van der Waals surface area contributed by atoms with E-state index in [9.17, 15) is 9.59 Å². The molecule has 0 fully saturated rings. The molecule has 0 amide bonds. The zero-order chi connectivity index (χ0) is 12.8. The molecule has 1 N–H and O–H groups in total. The standard InChI is InChI=1S/C11H13BrN2O3/c1-6-3-4-11(2,12)10-13-5-7(9(16)17)8(15)14(6)10/h5-6H,3-4H2,1-2H3,(H,16,17)/t6-,11-/m0/s1. The van der Waals surface area contributed by atoms with Crippen LogP contribution in [0.25, 0.3) is 0 Å². The van der Waals surface area contributed by atoms with Gasteiger partial charge in [-0.1, -0.05) is 15.9 Å². The molecule has 17 heavy (non-hydrogen) atoms. The van der Waals surface area contributed by atoms with E-state index in [1.165, 1.54) is 4.57 Å². The molecule has 1 aromatic heterocycles. The molecule has 0 bridgehead atoms. The van der Waals surface area contributed by atoms with Crippen LogP contribution in [0.1, 0.15) is 48.9 Å². The number of halogens is 1. The second-order valence-electron chi connectivity index (χ2n) is 4.56. The van der Waals surface area contributed by atoms with E-state index in [-0.39, 0.29) is 15.9 Å². The smallest absolute Gasteiger partial charge is 0.342 e. The van der Waals surface area contributed by atoms with Gasteiger partial charge in [0.15, 0.2) is 0 Å². The number of hydrogen-bond donors (Lipinski definition) is 1. The van der Waals surface area contributed by atoms with Crippen molar-refractivity contribution >= 4 is 21.9 Å². The maximum atomic E-state index is 12.1. The van der Waals surface area contributed by atoms with E-state index >= 15 is 0 Å². The first kappa shape index (κ1) is 12.3. The minimum Gasteiger partial charge on any atom is -0.477 e. The normalized spacial score (nSPS) is 27.6. The Labute approximate surface area is 107 Å². The van der Waals surface area contributed by atoms with Crippen LogP contribution in [0.4, 0.5) is 0 Å². The fraction of sp³-hybridized carbons (Fsp3) is 0.545. The van der Waals surface area contributed by atoms with Crippen LogP contribution in [0.15, 0.2) is 11.0 Å². The minimum absolute atomic E-state index is 0.0186. The van der Waals surface area contributed by atoms with Crippen LogP contribution in [-0.2, 0) is 4.32 Å². The molecule has 6 heteroatoms. The third-order valence-electron chi connectivity index (χ3n) is 3.16. The second kappa shape index (κ2) is 3.94. The molecule has 0 radical (unpaired) electrons. The van der Waals surface area contributed by atoms with Crippen molar-refractivity contribution in [2.24, 2.45) is 0 Å². The zero-order valence-corrected chi connectivity index (χ0v) is 11.2. The van der Waals surface area contributed by atoms with Crippen LogP contribution in [0.2, 0.25) is 0 Å². The third-order valence-corrected chi connectivity index (χ3v) is 3.91. The summed E-state index contributed by atoms with van der Waals surface area (Å²) in [7, 11) is 0. The molecule has 0 aliphatic carbocycles. The zero-order valence-electron chi connectivity index (χ0n) is 9.61. The molecule has 0 unspecified atom stereocenters. The van der Waals surface area contributed by atoms with Crippen molar-refractivity contribution in [2.75, 3.05) is 0 Å². The summed E-state index contributed by atoms with van der Waals surface area (Å²) in [6, 6.07) is -0.0186. The lowest BCUT2D eigenvalue weighted by Crippen LogP contribution is -2.39. The summed E-state index contributed by atoms with van der Waals surface area (Å²) >= 11 is 3.54. The molecule has 1 aliphatic heterocycles. The van der Waals surface area contributed by atoms with E-state index in [2.05, 4.69) is 20.9 Å². The molecule has 1 aliphatic rings. The van der Waals surface area contributed by atoms with Gasteiger partial charge in [0.05, 0.1) is 4.32 Å². The van der Waals surface area contributed by atoms with Crippen LogP contribution < -0.4 is 5.56 Å². The summed E-state index contributed by atoms with van der Waals surface area (Å²) in [6.45, 7) is 3.85. The van der Waals surface area contributed by atoms with E-state index in [0.29, 0.717) is 5.82 Å². The fourth-order valence-corrected chi connectivity index (χ4v) is 2.65. The van der Waals surface area contributed by atoms with Crippen LogP contribution in [0.5, 0.6) is 0 Å². The number of nitrogens with zero attached hydrogens (tertiary/aromatic N) is 2. The molecule has 2 rings (SSSR count). The van der Waals surface area contributed by atoms with Gasteiger partial charge in [-0.25, -0.2) is 9.78 Å². The molecular formula is C11H13BrN2O3. The number of aromatic nitrogens is 2. The van der Waals surface area contributed by atoms with Gasteiger partial charge in [-0.2, -0.15) is 0 Å². The minimum atomic E-state index is -1.23. The van der Waals surface area contributed by atoms with Crippen molar-refractivity contribution in [2.45, 2.75) is 37.1 Å². The van der Waals surface area contributed by atoms with E-state index in [4.69, 9.17) is 5.11 Å². The fourth-order valence-electron chi connectivity index (χ4n) is 2.13. The molecule has 1 aromatic rings. The first-order valence-electron chi connectivity index (χ1n) is 5.39. The van der Waals surface area contributed by atoms with Gasteiger partial charge >= 0.3 is 5.97 Å². The monoisotopic (exact) mass is 300 g/mol. The highest BCUT2D eigenvalue weighted by Crippen LogP contribution is 2.40. The Morgan fingerprint density at radius 2 is 2.35 bits per heavy atom. The first-order valence-corrected chi connectivity index (χ1v) is 6.18. The lowest BCUT2D eigenvalue weighted by atomic mass is 9.95. The van der Waals surface area contributed by atoms with Gasteiger partial charge in [-0.3, -0.25) is 9.36 Å². The maximum Gasteiger partial charge on any atom is 0.342 e. The largest absolute Gasteiger partial charge is 0.477 e. The molecule has 2 heterocycles. The lowest BCUT2D eigenvalue weighted by Gasteiger charge is -2.34. The van der Waals surface area contributed by atoms with Crippen molar-refractivity contribution in [1.29, 1.82) is 0 Å². The number of hydrogen-bond acceptors (Lipinski definition) is 3. The number of rotatable bonds is 1. The van der Waals surface area contributed by atoms with E-state index < -0.39 is 11.5 Å². The van der Waals surface area contributed by atoms with Gasteiger partial charge in [0.25, 0.3) is 5.56 Å². The predicted octanol–water partition coefficient (Wildman–Crippen LogP) is 1.91. The Morgan fingerprint density at radius 1 is 1.71 bits per heavy atom. The Bertz CT molecular complexity index is 536. The highest BCUT2D eigenvalue weighted by Gasteiger charge is 2.35. The molecule has 0 saturated carbocycles. The maximum absolute atomic E-state index is 12.1. The van der Waals surface area contributed by atoms with Gasteiger partial charge in [0.1, 0.15) is 11.4 Å². The van der Waals surface area contributed by atoms with E-state index in [0.717, 1.165) is 19.0 Å². The Balaban J connectivity index is 2.73. The van der Waals surface area contributed by atoms with Crippen LogP contribution >= 0.6 is 15.9 Å². The number of carboxylic acids is 1. The van der Waals surface area contributed by atoms with Crippen LogP contribution in [-0.4, -0.2) is 20.6 Å². The SMILES string of the molecule is C[C@H]1CC[C@](C)(Br)c2ncc(C(=O)O)c(=O)n21. The second-order valence-corrected chi connectivity index (χ2v) is 6.31. The number of alkyl halides is 1. The lowest BCUT2D eigenvalue weighted by molar-refractivity contribution is 0.0692. The highest BCUT2D eigenvalue weighted by atomic mass is 79.9. The summed E-state index contributed by atoms with van der Waals surface area (Å²) in [4.78, 5) is 27.1. The number of carboxylic acid groups (broad SMARTS) is 1. The van der Waals surface area contributed by atoms with E-state index in [1.807, 2.05) is 13.8 Å². The third kappa shape index (κ3) is 1.90. The van der Waals surface area contributed by atoms with Gasteiger partial charge in [0.2, 0.25) is 0 Å². The van der Waals surface area contributed by atoms with Crippen molar-refractivity contribution in [3.63, 3.8) is 0 Å². The molecule has 92 valence electrons. The molecule has 0 saturated heterocycles. The Kier molecular flexibility index (Phi) is 2.85. The van der Waals surface area contributed by atoms with Crippen molar-refractivity contribution in [3.8, 4) is 0 Å². The number of aromatic carboxylic acids is 1. The average molecular weight is 301 g/mol. The summed E-state index contributed by atoms with van der Waals surface area (Å²) in [5, 5.41) is 8.92. The van der Waals surface area contributed by atoms with Crippen molar-refractivity contribution in [3.05, 3.63) is 27.9 Å². The molecular weight excluding hydrogens is 288 g/mol. The quantitative estimate of drug-likeness (QED) is 0.804. The first-order chi connectivity index (χ1) is 7.84. The van der Waals surface area contributed by atoms with Gasteiger partial charge in [0, 0.05) is 12.2 Å².